The number of rotatable bonds is 4. The molecule has 132 valence electrons. The van der Waals surface area contributed by atoms with Crippen LogP contribution in [0.25, 0.3) is 11.5 Å². The number of nitrogens with zero attached hydrogens (tertiary/aromatic N) is 6. The van der Waals surface area contributed by atoms with Gasteiger partial charge in [0.25, 0.3) is 0 Å². The number of carbonyl (C=O) groups is 1. The second-order valence-electron chi connectivity index (χ2n) is 6.00. The summed E-state index contributed by atoms with van der Waals surface area (Å²) in [5.41, 5.74) is 0.630. The number of piperidine rings is 1. The first-order valence-electron chi connectivity index (χ1n) is 8.26. The van der Waals surface area contributed by atoms with Crippen LogP contribution >= 0.6 is 0 Å². The summed E-state index contributed by atoms with van der Waals surface area (Å²) in [7, 11) is 0. The summed E-state index contributed by atoms with van der Waals surface area (Å²) in [6.45, 7) is 1.51. The molecular formula is C17H16N6O3. The van der Waals surface area contributed by atoms with E-state index < -0.39 is 5.97 Å². The minimum absolute atomic E-state index is 0.0588. The Balaban J connectivity index is 1.41. The highest BCUT2D eigenvalue weighted by Crippen LogP contribution is 2.29. The van der Waals surface area contributed by atoms with Crippen molar-refractivity contribution in [3.05, 3.63) is 48.4 Å². The normalized spacial score (nSPS) is 15.2. The Morgan fingerprint density at radius 2 is 2.00 bits per heavy atom. The third kappa shape index (κ3) is 3.23. The molecule has 0 atom stereocenters. The SMILES string of the molecule is O=C(O)c1cnc(N2CCC(c3nc(-c4ccccn4)no3)CC2)cn1. The molecule has 0 bridgehead atoms. The Morgan fingerprint density at radius 3 is 2.65 bits per heavy atom. The van der Waals surface area contributed by atoms with Crippen molar-refractivity contribution in [2.24, 2.45) is 0 Å². The van der Waals surface area contributed by atoms with E-state index in [1.165, 1.54) is 12.4 Å². The van der Waals surface area contributed by atoms with Gasteiger partial charge in [0, 0.05) is 25.2 Å². The quantitative estimate of drug-likeness (QED) is 0.752. The van der Waals surface area contributed by atoms with Gasteiger partial charge < -0.3 is 14.5 Å². The maximum atomic E-state index is 10.8. The molecule has 1 aliphatic rings. The van der Waals surface area contributed by atoms with Gasteiger partial charge in [-0.1, -0.05) is 11.2 Å². The fourth-order valence-corrected chi connectivity index (χ4v) is 2.95. The van der Waals surface area contributed by atoms with E-state index in [1.807, 2.05) is 18.2 Å². The molecule has 1 N–H and O–H groups in total. The van der Waals surface area contributed by atoms with E-state index in [0.29, 0.717) is 23.2 Å². The van der Waals surface area contributed by atoms with Crippen molar-refractivity contribution in [2.45, 2.75) is 18.8 Å². The number of aromatic carboxylic acids is 1. The molecule has 9 heteroatoms. The van der Waals surface area contributed by atoms with E-state index >= 15 is 0 Å². The Labute approximate surface area is 148 Å². The molecule has 0 spiro atoms. The third-order valence-electron chi connectivity index (χ3n) is 4.36. The highest BCUT2D eigenvalue weighted by molar-refractivity contribution is 5.84. The van der Waals surface area contributed by atoms with Crippen molar-refractivity contribution in [1.82, 2.24) is 25.1 Å². The summed E-state index contributed by atoms with van der Waals surface area (Å²) in [6.07, 6.45) is 6.15. The van der Waals surface area contributed by atoms with Crippen LogP contribution in [0.4, 0.5) is 5.82 Å². The molecule has 0 unspecified atom stereocenters. The summed E-state index contributed by atoms with van der Waals surface area (Å²) >= 11 is 0. The van der Waals surface area contributed by atoms with Gasteiger partial charge in [0.05, 0.1) is 12.4 Å². The molecule has 3 aromatic heterocycles. The van der Waals surface area contributed by atoms with Gasteiger partial charge in [-0.25, -0.2) is 14.8 Å². The van der Waals surface area contributed by atoms with E-state index in [0.717, 1.165) is 25.9 Å². The van der Waals surface area contributed by atoms with Crippen LogP contribution in [0, 0.1) is 0 Å². The van der Waals surface area contributed by atoms with E-state index in [-0.39, 0.29) is 11.6 Å². The van der Waals surface area contributed by atoms with Gasteiger partial charge in [0.1, 0.15) is 11.5 Å². The Bertz CT molecular complexity index is 888. The lowest BCUT2D eigenvalue weighted by Gasteiger charge is -2.30. The average Bonchev–Trinajstić information content (AvgIpc) is 3.19. The van der Waals surface area contributed by atoms with Gasteiger partial charge >= 0.3 is 5.97 Å². The van der Waals surface area contributed by atoms with E-state index in [4.69, 9.17) is 9.63 Å². The Kier molecular flexibility index (Phi) is 4.26. The van der Waals surface area contributed by atoms with Gasteiger partial charge in [-0.15, -0.1) is 0 Å². The van der Waals surface area contributed by atoms with Crippen LogP contribution in [0.2, 0.25) is 0 Å². The minimum atomic E-state index is -1.08. The molecule has 0 saturated carbocycles. The molecule has 0 radical (unpaired) electrons. The van der Waals surface area contributed by atoms with E-state index in [9.17, 15) is 4.79 Å². The lowest BCUT2D eigenvalue weighted by atomic mass is 9.97. The number of carboxylic acid groups (broad SMARTS) is 1. The van der Waals surface area contributed by atoms with Crippen LogP contribution in [-0.2, 0) is 0 Å². The van der Waals surface area contributed by atoms with Crippen LogP contribution in [0.3, 0.4) is 0 Å². The molecule has 26 heavy (non-hydrogen) atoms. The molecular weight excluding hydrogens is 336 g/mol. The van der Waals surface area contributed by atoms with Crippen LogP contribution in [-0.4, -0.2) is 49.3 Å². The highest BCUT2D eigenvalue weighted by atomic mass is 16.5. The molecule has 1 aliphatic heterocycles. The summed E-state index contributed by atoms with van der Waals surface area (Å²) in [5, 5.41) is 12.9. The predicted molar refractivity (Wildman–Crippen MR) is 90.7 cm³/mol. The number of anilines is 1. The fraction of sp³-hybridized carbons (Fsp3) is 0.294. The van der Waals surface area contributed by atoms with Crippen molar-refractivity contribution in [1.29, 1.82) is 0 Å². The molecule has 3 aromatic rings. The van der Waals surface area contributed by atoms with Crippen LogP contribution in [0.15, 0.2) is 41.3 Å². The highest BCUT2D eigenvalue weighted by Gasteiger charge is 2.26. The van der Waals surface area contributed by atoms with Crippen LogP contribution < -0.4 is 4.90 Å². The fourth-order valence-electron chi connectivity index (χ4n) is 2.95. The van der Waals surface area contributed by atoms with Gasteiger partial charge in [-0.2, -0.15) is 4.98 Å². The standard InChI is InChI=1S/C17H16N6O3/c24-17(25)13-9-20-14(10-19-13)23-7-4-11(5-8-23)16-21-15(22-26-16)12-3-1-2-6-18-12/h1-3,6,9-11H,4-5,7-8H2,(H,24,25). The average molecular weight is 352 g/mol. The first-order valence-corrected chi connectivity index (χ1v) is 8.26. The lowest BCUT2D eigenvalue weighted by Crippen LogP contribution is -2.33. The molecule has 1 saturated heterocycles. The topological polar surface area (TPSA) is 118 Å². The number of aromatic nitrogens is 5. The monoisotopic (exact) mass is 352 g/mol. The van der Waals surface area contributed by atoms with Crippen LogP contribution in [0.5, 0.6) is 0 Å². The summed E-state index contributed by atoms with van der Waals surface area (Å²) in [5.74, 6) is 0.897. The summed E-state index contributed by atoms with van der Waals surface area (Å²) in [6, 6.07) is 5.57. The number of carboxylic acids is 1. The molecule has 1 fully saturated rings. The first kappa shape index (κ1) is 16.1. The third-order valence-corrected chi connectivity index (χ3v) is 4.36. The molecule has 0 aromatic carbocycles. The van der Waals surface area contributed by atoms with Crippen molar-refractivity contribution < 1.29 is 14.4 Å². The van der Waals surface area contributed by atoms with Gasteiger partial charge in [-0.3, -0.25) is 4.98 Å². The maximum Gasteiger partial charge on any atom is 0.356 e. The summed E-state index contributed by atoms with van der Waals surface area (Å²) in [4.78, 5) is 29.7. The molecule has 0 aliphatic carbocycles. The largest absolute Gasteiger partial charge is 0.476 e. The van der Waals surface area contributed by atoms with Crippen molar-refractivity contribution in [3.63, 3.8) is 0 Å². The van der Waals surface area contributed by atoms with Gasteiger partial charge in [0.2, 0.25) is 11.7 Å². The maximum absolute atomic E-state index is 10.8. The van der Waals surface area contributed by atoms with Crippen molar-refractivity contribution in [2.75, 3.05) is 18.0 Å². The van der Waals surface area contributed by atoms with Crippen LogP contribution in [0.1, 0.15) is 35.1 Å². The summed E-state index contributed by atoms with van der Waals surface area (Å²) < 4.78 is 5.43. The lowest BCUT2D eigenvalue weighted by molar-refractivity contribution is 0.0690. The zero-order valence-corrected chi connectivity index (χ0v) is 13.8. The molecule has 4 heterocycles. The van der Waals surface area contributed by atoms with Gasteiger partial charge in [-0.05, 0) is 25.0 Å². The second-order valence-corrected chi connectivity index (χ2v) is 6.00. The Morgan fingerprint density at radius 1 is 1.15 bits per heavy atom. The van der Waals surface area contributed by atoms with E-state index in [2.05, 4.69) is 30.0 Å². The first-order chi connectivity index (χ1) is 12.7. The second kappa shape index (κ2) is 6.87. The zero-order valence-electron chi connectivity index (χ0n) is 13.8. The van der Waals surface area contributed by atoms with E-state index in [1.54, 1.807) is 6.20 Å². The smallest absolute Gasteiger partial charge is 0.356 e. The molecule has 4 rings (SSSR count). The van der Waals surface area contributed by atoms with Crippen molar-refractivity contribution >= 4 is 11.8 Å². The van der Waals surface area contributed by atoms with Gasteiger partial charge in [0.15, 0.2) is 5.69 Å². The number of hydrogen-bond donors (Lipinski definition) is 1. The Hall–Kier alpha value is -3.36. The minimum Gasteiger partial charge on any atom is -0.476 e. The van der Waals surface area contributed by atoms with Crippen molar-refractivity contribution in [3.8, 4) is 11.5 Å². The number of pyridine rings is 1. The molecule has 0 amide bonds. The predicted octanol–water partition coefficient (Wildman–Crippen LogP) is 2.00. The molecule has 9 nitrogen and oxygen atoms in total. The zero-order chi connectivity index (χ0) is 17.9. The number of hydrogen-bond acceptors (Lipinski definition) is 8.